The fourth-order valence-corrected chi connectivity index (χ4v) is 2.92. The molecule has 0 bridgehead atoms. The third kappa shape index (κ3) is 3.62. The number of hydrogen-bond acceptors (Lipinski definition) is 3. The Morgan fingerprint density at radius 1 is 1.26 bits per heavy atom. The maximum atomic E-state index is 12.3. The predicted molar refractivity (Wildman–Crippen MR) is 89.6 cm³/mol. The highest BCUT2D eigenvalue weighted by molar-refractivity contribution is 6.10. The topological polar surface area (TPSA) is 69.6 Å². The Hall–Kier alpha value is -2.14. The van der Waals surface area contributed by atoms with Gasteiger partial charge in [0.25, 0.3) is 5.91 Å². The van der Waals surface area contributed by atoms with Gasteiger partial charge in [-0.2, -0.15) is 0 Å². The first kappa shape index (κ1) is 17.2. The molecule has 1 aromatic carbocycles. The van der Waals surface area contributed by atoms with E-state index in [2.05, 4.69) is 11.9 Å². The zero-order valence-corrected chi connectivity index (χ0v) is 13.7. The van der Waals surface area contributed by atoms with Crippen molar-refractivity contribution < 1.29 is 14.7 Å². The van der Waals surface area contributed by atoms with Crippen LogP contribution in [-0.4, -0.2) is 41.0 Å². The normalized spacial score (nSPS) is 15.0. The Kier molecular flexibility index (Phi) is 5.55. The SMILES string of the molecule is C=C1c2ccccc2C(=O)N1CC(=O)NCC(O)C(CC)CC. The zero-order chi connectivity index (χ0) is 17.0. The minimum absolute atomic E-state index is 0.0814. The number of aliphatic hydroxyl groups excluding tert-OH is 1. The van der Waals surface area contributed by atoms with E-state index in [-0.39, 0.29) is 30.8 Å². The monoisotopic (exact) mass is 316 g/mol. The van der Waals surface area contributed by atoms with E-state index in [4.69, 9.17) is 0 Å². The van der Waals surface area contributed by atoms with Crippen LogP contribution in [0, 0.1) is 5.92 Å². The van der Waals surface area contributed by atoms with Crippen molar-refractivity contribution in [1.29, 1.82) is 0 Å². The molecule has 0 spiro atoms. The van der Waals surface area contributed by atoms with Gasteiger partial charge in [-0.05, 0) is 12.0 Å². The summed E-state index contributed by atoms with van der Waals surface area (Å²) in [5.41, 5.74) is 1.88. The molecule has 5 heteroatoms. The Labute approximate surface area is 137 Å². The van der Waals surface area contributed by atoms with Gasteiger partial charge >= 0.3 is 0 Å². The molecule has 1 atom stereocenters. The van der Waals surface area contributed by atoms with E-state index in [1.807, 2.05) is 26.0 Å². The second-order valence-electron chi connectivity index (χ2n) is 5.83. The summed E-state index contributed by atoms with van der Waals surface area (Å²) in [6.45, 7) is 8.06. The van der Waals surface area contributed by atoms with Crippen molar-refractivity contribution in [2.24, 2.45) is 5.92 Å². The lowest BCUT2D eigenvalue weighted by Crippen LogP contribution is -2.41. The van der Waals surface area contributed by atoms with E-state index in [1.165, 1.54) is 4.90 Å². The Bertz CT molecular complexity index is 573. The summed E-state index contributed by atoms with van der Waals surface area (Å²) >= 11 is 0. The first-order valence-corrected chi connectivity index (χ1v) is 8.04. The molecular formula is C18H24N2O3. The third-order valence-corrected chi connectivity index (χ3v) is 4.44. The largest absolute Gasteiger partial charge is 0.391 e. The molecule has 1 aromatic rings. The summed E-state index contributed by atoms with van der Waals surface area (Å²) in [6, 6.07) is 7.19. The van der Waals surface area contributed by atoms with Crippen molar-refractivity contribution >= 4 is 17.5 Å². The summed E-state index contributed by atoms with van der Waals surface area (Å²) in [6.07, 6.45) is 1.16. The molecule has 1 unspecified atom stereocenters. The number of rotatable bonds is 7. The van der Waals surface area contributed by atoms with Crippen LogP contribution in [0.1, 0.15) is 42.6 Å². The van der Waals surface area contributed by atoms with E-state index in [1.54, 1.807) is 12.1 Å². The second-order valence-corrected chi connectivity index (χ2v) is 5.83. The van der Waals surface area contributed by atoms with E-state index in [0.717, 1.165) is 18.4 Å². The van der Waals surface area contributed by atoms with Gasteiger partial charge in [0.1, 0.15) is 6.54 Å². The number of benzene rings is 1. The van der Waals surface area contributed by atoms with E-state index in [0.29, 0.717) is 11.3 Å². The average Bonchev–Trinajstić information content (AvgIpc) is 2.79. The standard InChI is InChI=1S/C18H24N2O3/c1-4-13(5-2)16(21)10-19-17(22)11-20-12(3)14-8-6-7-9-15(14)18(20)23/h6-9,13,16,21H,3-5,10-11H2,1-2H3,(H,19,22). The van der Waals surface area contributed by atoms with Crippen LogP contribution >= 0.6 is 0 Å². The summed E-state index contributed by atoms with van der Waals surface area (Å²) in [5, 5.41) is 12.8. The van der Waals surface area contributed by atoms with Gasteiger partial charge in [0.2, 0.25) is 5.91 Å². The summed E-state index contributed by atoms with van der Waals surface area (Å²) in [4.78, 5) is 25.8. The molecule has 2 N–H and O–H groups in total. The van der Waals surface area contributed by atoms with Crippen LogP contribution in [0.2, 0.25) is 0 Å². The van der Waals surface area contributed by atoms with Crippen molar-refractivity contribution in [1.82, 2.24) is 10.2 Å². The average molecular weight is 316 g/mol. The van der Waals surface area contributed by atoms with Crippen LogP contribution in [-0.2, 0) is 4.79 Å². The van der Waals surface area contributed by atoms with Gasteiger partial charge in [0.15, 0.2) is 0 Å². The molecule has 0 saturated heterocycles. The number of amides is 2. The van der Waals surface area contributed by atoms with Gasteiger partial charge in [0.05, 0.1) is 6.10 Å². The van der Waals surface area contributed by atoms with Gasteiger partial charge in [-0.15, -0.1) is 0 Å². The summed E-state index contributed by atoms with van der Waals surface area (Å²) < 4.78 is 0. The molecule has 2 amide bonds. The van der Waals surface area contributed by atoms with Crippen molar-refractivity contribution in [2.75, 3.05) is 13.1 Å². The van der Waals surface area contributed by atoms with Crippen molar-refractivity contribution in [3.05, 3.63) is 42.0 Å². The molecule has 0 aromatic heterocycles. The van der Waals surface area contributed by atoms with E-state index < -0.39 is 6.10 Å². The molecule has 0 aliphatic carbocycles. The molecule has 23 heavy (non-hydrogen) atoms. The molecule has 2 rings (SSSR count). The maximum Gasteiger partial charge on any atom is 0.259 e. The van der Waals surface area contributed by atoms with Gasteiger partial charge in [0, 0.05) is 23.4 Å². The highest BCUT2D eigenvalue weighted by Crippen LogP contribution is 2.30. The van der Waals surface area contributed by atoms with Gasteiger partial charge in [-0.3, -0.25) is 14.5 Å². The summed E-state index contributed by atoms with van der Waals surface area (Å²) in [7, 11) is 0. The minimum atomic E-state index is -0.566. The molecule has 1 aliphatic heterocycles. The molecule has 0 saturated carbocycles. The van der Waals surface area contributed by atoms with Crippen molar-refractivity contribution in [3.63, 3.8) is 0 Å². The summed E-state index contributed by atoms with van der Waals surface area (Å²) in [5.74, 6) is -0.332. The van der Waals surface area contributed by atoms with Gasteiger partial charge < -0.3 is 10.4 Å². The highest BCUT2D eigenvalue weighted by atomic mass is 16.3. The number of hydrogen-bond donors (Lipinski definition) is 2. The Morgan fingerprint density at radius 3 is 2.43 bits per heavy atom. The maximum absolute atomic E-state index is 12.3. The number of nitrogens with one attached hydrogen (secondary N) is 1. The first-order valence-electron chi connectivity index (χ1n) is 8.04. The minimum Gasteiger partial charge on any atom is -0.391 e. The lowest BCUT2D eigenvalue weighted by atomic mass is 9.96. The van der Waals surface area contributed by atoms with Crippen LogP contribution < -0.4 is 5.32 Å². The quantitative estimate of drug-likeness (QED) is 0.808. The van der Waals surface area contributed by atoms with Crippen LogP contribution in [0.25, 0.3) is 5.70 Å². The van der Waals surface area contributed by atoms with Crippen LogP contribution in [0.5, 0.6) is 0 Å². The molecule has 0 radical (unpaired) electrons. The number of nitrogens with zero attached hydrogens (tertiary/aromatic N) is 1. The number of carbonyl (C=O) groups is 2. The number of fused-ring (bicyclic) bond motifs is 1. The fourth-order valence-electron chi connectivity index (χ4n) is 2.92. The lowest BCUT2D eigenvalue weighted by Gasteiger charge is -2.21. The van der Waals surface area contributed by atoms with Crippen LogP contribution in [0.3, 0.4) is 0 Å². The lowest BCUT2D eigenvalue weighted by molar-refractivity contribution is -0.121. The molecule has 124 valence electrons. The second kappa shape index (κ2) is 7.42. The van der Waals surface area contributed by atoms with Crippen molar-refractivity contribution in [2.45, 2.75) is 32.8 Å². The van der Waals surface area contributed by atoms with Crippen molar-refractivity contribution in [3.8, 4) is 0 Å². The molecule has 1 aliphatic rings. The predicted octanol–water partition coefficient (Wildman–Crippen LogP) is 2.03. The number of carbonyl (C=O) groups excluding carboxylic acids is 2. The fraction of sp³-hybridized carbons (Fsp3) is 0.444. The molecule has 5 nitrogen and oxygen atoms in total. The Balaban J connectivity index is 1.92. The van der Waals surface area contributed by atoms with Gasteiger partial charge in [-0.1, -0.05) is 51.5 Å². The number of aliphatic hydroxyl groups is 1. The van der Waals surface area contributed by atoms with Crippen LogP contribution in [0.4, 0.5) is 0 Å². The molecular weight excluding hydrogens is 292 g/mol. The molecule has 0 fully saturated rings. The van der Waals surface area contributed by atoms with Gasteiger partial charge in [-0.25, -0.2) is 0 Å². The Morgan fingerprint density at radius 2 is 1.87 bits per heavy atom. The first-order chi connectivity index (χ1) is 11.0. The van der Waals surface area contributed by atoms with E-state index >= 15 is 0 Å². The highest BCUT2D eigenvalue weighted by Gasteiger charge is 2.31. The third-order valence-electron chi connectivity index (χ3n) is 4.44. The van der Waals surface area contributed by atoms with E-state index in [9.17, 15) is 14.7 Å². The molecule has 1 heterocycles. The van der Waals surface area contributed by atoms with Crippen LogP contribution in [0.15, 0.2) is 30.8 Å². The smallest absolute Gasteiger partial charge is 0.259 e. The zero-order valence-electron chi connectivity index (χ0n) is 13.7.